The number of alkyl halides is 3. The Morgan fingerprint density at radius 3 is 2.23 bits per heavy atom. The number of aromatic hydroxyl groups is 1. The van der Waals surface area contributed by atoms with E-state index in [1.54, 1.807) is 29.4 Å². The van der Waals surface area contributed by atoms with Crippen LogP contribution in [0.25, 0.3) is 0 Å². The minimum atomic E-state index is -4.79. The van der Waals surface area contributed by atoms with Crippen LogP contribution in [0.15, 0.2) is 63.5 Å². The smallest absolute Gasteiger partial charge is 0.418 e. The van der Waals surface area contributed by atoms with Gasteiger partial charge in [-0.25, -0.2) is 14.3 Å². The van der Waals surface area contributed by atoms with E-state index in [9.17, 15) is 43.0 Å². The van der Waals surface area contributed by atoms with Gasteiger partial charge in [-0.2, -0.15) is 13.2 Å². The number of rotatable bonds is 7. The van der Waals surface area contributed by atoms with Gasteiger partial charge in [0.15, 0.2) is 0 Å². The van der Waals surface area contributed by atoms with E-state index in [1.807, 2.05) is 23.1 Å². The number of urea groups is 1. The maximum absolute atomic E-state index is 14.0. The Labute approximate surface area is 313 Å². The van der Waals surface area contributed by atoms with E-state index in [1.165, 1.54) is 9.80 Å². The first-order chi connectivity index (χ1) is 24.7. The zero-order chi connectivity index (χ0) is 37.3. The van der Waals surface area contributed by atoms with Crippen LogP contribution in [0.1, 0.15) is 39.9 Å². The second-order valence-electron chi connectivity index (χ2n) is 12.9. The molecular formula is C35H35Br2F3N6O6. The molecule has 6 rings (SSSR count). The summed E-state index contributed by atoms with van der Waals surface area (Å²) in [6.45, 7) is 1.57. The molecule has 0 aromatic heterocycles. The number of hydrogen-bond donors (Lipinski definition) is 3. The van der Waals surface area contributed by atoms with Crippen molar-refractivity contribution in [1.82, 2.24) is 20.0 Å². The number of carboxylic acids is 1. The van der Waals surface area contributed by atoms with Crippen LogP contribution in [0.5, 0.6) is 5.75 Å². The molecule has 17 heteroatoms. The number of carboxylic acid groups (broad SMARTS) is 1. The average Bonchev–Trinajstić information content (AvgIpc) is 3.12. The van der Waals surface area contributed by atoms with E-state index in [-0.39, 0.29) is 50.1 Å². The van der Waals surface area contributed by atoms with Crippen LogP contribution < -0.4 is 10.2 Å². The van der Waals surface area contributed by atoms with E-state index in [0.717, 1.165) is 22.4 Å². The fraction of sp³-hybridized carbons (Fsp3) is 0.371. The lowest BCUT2D eigenvalue weighted by molar-refractivity contribution is -0.367. The lowest BCUT2D eigenvalue weighted by Crippen LogP contribution is -2.58. The van der Waals surface area contributed by atoms with Gasteiger partial charge >= 0.3 is 18.2 Å². The van der Waals surface area contributed by atoms with Crippen molar-refractivity contribution in [1.29, 1.82) is 0 Å². The molecule has 2 saturated heterocycles. The van der Waals surface area contributed by atoms with Crippen molar-refractivity contribution < 1.29 is 42.5 Å². The first-order valence-corrected chi connectivity index (χ1v) is 18.1. The van der Waals surface area contributed by atoms with Crippen molar-refractivity contribution in [2.75, 3.05) is 44.2 Å². The third kappa shape index (κ3) is 8.09. The molecule has 0 radical (unpaired) electrons. The van der Waals surface area contributed by atoms with Crippen molar-refractivity contribution >= 4 is 67.5 Å². The number of fused-ring (bicyclic) bond motifs is 1. The molecule has 276 valence electrons. The van der Waals surface area contributed by atoms with Gasteiger partial charge < -0.3 is 35.4 Å². The van der Waals surface area contributed by atoms with Gasteiger partial charge in [-0.3, -0.25) is 9.69 Å². The van der Waals surface area contributed by atoms with Gasteiger partial charge in [0.25, 0.3) is 0 Å². The summed E-state index contributed by atoms with van der Waals surface area (Å²) in [5, 5.41) is 35.0. The van der Waals surface area contributed by atoms with E-state index in [4.69, 9.17) is 0 Å². The first-order valence-electron chi connectivity index (χ1n) is 16.5. The number of piperidine rings is 1. The number of nitrogens with one attached hydrogen (secondary N) is 1. The van der Waals surface area contributed by atoms with Crippen LogP contribution in [-0.2, 0) is 23.9 Å². The lowest BCUT2D eigenvalue weighted by Gasteiger charge is -2.39. The van der Waals surface area contributed by atoms with Crippen molar-refractivity contribution in [3.05, 3.63) is 91.0 Å². The number of benzene rings is 3. The molecule has 2 fully saturated rings. The molecule has 0 aliphatic carbocycles. The second-order valence-corrected chi connectivity index (χ2v) is 14.6. The Morgan fingerprint density at radius 1 is 0.942 bits per heavy atom. The summed E-state index contributed by atoms with van der Waals surface area (Å²) in [5.41, 5.74) is 0.436. The molecule has 52 heavy (non-hydrogen) atoms. The third-order valence-corrected chi connectivity index (χ3v) is 10.9. The minimum Gasteiger partial charge on any atom is -0.711 e. The number of aromatic carboxylic acids is 1. The number of carbonyl (C=O) groups is 3. The predicted octanol–water partition coefficient (Wildman–Crippen LogP) is 5.75. The Balaban J connectivity index is 1.14. The van der Waals surface area contributed by atoms with Gasteiger partial charge in [0.2, 0.25) is 12.2 Å². The number of anilines is 1. The number of likely N-dealkylation sites (tertiary alicyclic amines) is 1. The number of para-hydroxylation sites is 1. The Kier molecular flexibility index (Phi) is 10.9. The standard InChI is InChI=1S/C35H35Br2F3N6O6/c36-26-15-21(16-27(37)31(26)47)17-28(32(48)43-13-11-42(12-14-43)30-6-5-22(33(49)50)18-25(30)35(38,39)40)41-34(51)44-9-7-24(8-10-44)45-19-23-3-1-2-4-29(23)46(52)20-45/h1-6,15-16,18,20,24,28,47H,7-14,17,19H2,(H,41,51)(H,49,50)/t28-/m1/s1. The molecule has 3 aliphatic rings. The largest absolute Gasteiger partial charge is 0.711 e. The van der Waals surface area contributed by atoms with Gasteiger partial charge in [0, 0.05) is 69.8 Å². The molecule has 3 aromatic carbocycles. The topological polar surface area (TPSA) is 143 Å². The first kappa shape index (κ1) is 37.3. The van der Waals surface area contributed by atoms with Crippen molar-refractivity contribution in [3.8, 4) is 5.75 Å². The van der Waals surface area contributed by atoms with E-state index in [2.05, 4.69) is 37.2 Å². The Morgan fingerprint density at radius 2 is 1.60 bits per heavy atom. The van der Waals surface area contributed by atoms with Gasteiger partial charge in [-0.1, -0.05) is 18.2 Å². The maximum atomic E-state index is 14.0. The predicted molar refractivity (Wildman–Crippen MR) is 193 cm³/mol. The van der Waals surface area contributed by atoms with Gasteiger partial charge in [-0.15, -0.1) is 0 Å². The van der Waals surface area contributed by atoms with Gasteiger partial charge in [0.05, 0.1) is 26.1 Å². The highest BCUT2D eigenvalue weighted by Gasteiger charge is 2.38. The number of halogens is 5. The molecule has 0 saturated carbocycles. The van der Waals surface area contributed by atoms with E-state index < -0.39 is 41.3 Å². The molecule has 0 bridgehead atoms. The highest BCUT2D eigenvalue weighted by atomic mass is 79.9. The number of hydrogen-bond acceptors (Lipinski definition) is 7. The molecule has 3 N–H and O–H groups in total. The minimum absolute atomic E-state index is 0.0289. The van der Waals surface area contributed by atoms with Crippen LogP contribution in [0, 0.1) is 5.21 Å². The lowest BCUT2D eigenvalue weighted by atomic mass is 10.0. The molecule has 3 amide bonds. The van der Waals surface area contributed by atoms with Crippen molar-refractivity contribution in [2.45, 2.75) is 44.1 Å². The average molecular weight is 853 g/mol. The monoisotopic (exact) mass is 850 g/mol. The summed E-state index contributed by atoms with van der Waals surface area (Å²) < 4.78 is 43.4. The zero-order valence-electron chi connectivity index (χ0n) is 27.7. The van der Waals surface area contributed by atoms with Crippen LogP contribution in [0.4, 0.5) is 29.3 Å². The molecular weight excluding hydrogens is 817 g/mol. The number of amides is 3. The molecule has 3 aromatic rings. The number of piperazine rings is 1. The molecule has 3 aliphatic heterocycles. The summed E-state index contributed by atoms with van der Waals surface area (Å²) in [6.07, 6.45) is -1.97. The third-order valence-electron chi connectivity index (χ3n) is 9.65. The normalized spacial score (nSPS) is 17.4. The number of nitrogens with zero attached hydrogens (tertiary/aromatic N) is 5. The van der Waals surface area contributed by atoms with Gasteiger partial charge in [-0.05, 0) is 73.8 Å². The maximum Gasteiger partial charge on any atom is 0.418 e. The van der Waals surface area contributed by atoms with Crippen LogP contribution in [0.2, 0.25) is 0 Å². The summed E-state index contributed by atoms with van der Waals surface area (Å²) in [7, 11) is 0. The fourth-order valence-electron chi connectivity index (χ4n) is 6.89. The van der Waals surface area contributed by atoms with Gasteiger partial charge in [0.1, 0.15) is 24.0 Å². The van der Waals surface area contributed by atoms with Crippen LogP contribution in [0.3, 0.4) is 0 Å². The number of carbonyl (C=O) groups excluding carboxylic acids is 2. The summed E-state index contributed by atoms with van der Waals surface area (Å²) in [6, 6.07) is 12.1. The molecule has 12 nitrogen and oxygen atoms in total. The van der Waals surface area contributed by atoms with Crippen LogP contribution in [-0.4, -0.2) is 105 Å². The zero-order valence-corrected chi connectivity index (χ0v) is 30.8. The molecule has 3 heterocycles. The number of phenolic OH excluding ortho intramolecular Hbond substituents is 1. The summed E-state index contributed by atoms with van der Waals surface area (Å²) >= 11 is 6.62. The Bertz CT molecular complexity index is 1870. The summed E-state index contributed by atoms with van der Waals surface area (Å²) in [4.78, 5) is 45.6. The second kappa shape index (κ2) is 15.2. The van der Waals surface area contributed by atoms with Crippen LogP contribution >= 0.6 is 31.9 Å². The SMILES string of the molecule is O=C(O)c1ccc(N2CCN(C(=O)[C@@H](Cc3cc(Br)c(O)c(Br)c3)NC(=O)N3CCC(N4C=[N+]([O-])c5ccccc5C4)CC3)CC2)c(C(F)(F)F)c1. The fourth-order valence-corrected chi connectivity index (χ4v) is 8.17. The van der Waals surface area contributed by atoms with Crippen molar-refractivity contribution in [2.24, 2.45) is 0 Å². The Hall–Kier alpha value is -4.51. The molecule has 1 atom stereocenters. The number of phenols is 1. The van der Waals surface area contributed by atoms with E-state index in [0.29, 0.717) is 58.7 Å². The quantitative estimate of drug-likeness (QED) is 0.202. The highest BCUT2D eigenvalue weighted by molar-refractivity contribution is 9.11. The molecule has 0 unspecified atom stereocenters. The van der Waals surface area contributed by atoms with Crippen molar-refractivity contribution in [3.63, 3.8) is 0 Å². The molecule has 0 spiro atoms. The van der Waals surface area contributed by atoms with E-state index >= 15 is 0 Å². The summed E-state index contributed by atoms with van der Waals surface area (Å²) in [5.74, 6) is -1.92. The highest BCUT2D eigenvalue weighted by Crippen LogP contribution is 2.38.